The van der Waals surface area contributed by atoms with Gasteiger partial charge in [0, 0.05) is 48.7 Å². The zero-order valence-corrected chi connectivity index (χ0v) is 15.7. The minimum Gasteiger partial charge on any atom is -0.355 e. The van der Waals surface area contributed by atoms with Crippen molar-refractivity contribution in [3.8, 4) is 11.3 Å². The number of hydrogen-bond acceptors (Lipinski definition) is 5. The summed E-state index contributed by atoms with van der Waals surface area (Å²) in [4.78, 5) is 26.4. The Bertz CT molecular complexity index is 808. The zero-order valence-electron chi connectivity index (χ0n) is 15.0. The largest absolute Gasteiger partial charge is 0.355 e. The van der Waals surface area contributed by atoms with Gasteiger partial charge in [-0.25, -0.2) is 0 Å². The summed E-state index contributed by atoms with van der Waals surface area (Å²) in [7, 11) is 0. The second-order valence-electron chi connectivity index (χ2n) is 6.58. The summed E-state index contributed by atoms with van der Waals surface area (Å²) in [5.41, 5.74) is 6.41. The Hall–Kier alpha value is -2.38. The average Bonchev–Trinajstić information content (AvgIpc) is 3.16. The van der Waals surface area contributed by atoms with E-state index in [0.29, 0.717) is 30.4 Å². The van der Waals surface area contributed by atoms with Crippen LogP contribution in [-0.4, -0.2) is 47.5 Å². The molecule has 0 aliphatic carbocycles. The second-order valence-corrected chi connectivity index (χ2v) is 7.01. The Kier molecular flexibility index (Phi) is 6.47. The van der Waals surface area contributed by atoms with Gasteiger partial charge < -0.3 is 20.5 Å². The van der Waals surface area contributed by atoms with Crippen LogP contribution in [0.3, 0.4) is 0 Å². The highest BCUT2D eigenvalue weighted by Crippen LogP contribution is 2.25. The van der Waals surface area contributed by atoms with Crippen molar-refractivity contribution in [2.45, 2.75) is 31.7 Å². The molecule has 1 aliphatic rings. The van der Waals surface area contributed by atoms with Crippen LogP contribution in [0.5, 0.6) is 0 Å². The third-order valence-electron chi connectivity index (χ3n) is 4.63. The SMILES string of the molecule is NCCC(=O)NCC1CCCCN1C(=O)c1cc(-c2cccc(Cl)c2)on1. The highest BCUT2D eigenvalue weighted by atomic mass is 35.5. The molecule has 3 N–H and O–H groups in total. The minimum atomic E-state index is -0.190. The Morgan fingerprint density at radius 2 is 2.19 bits per heavy atom. The van der Waals surface area contributed by atoms with Crippen molar-refractivity contribution in [2.24, 2.45) is 5.73 Å². The topological polar surface area (TPSA) is 101 Å². The van der Waals surface area contributed by atoms with E-state index in [1.165, 1.54) is 0 Å². The van der Waals surface area contributed by atoms with E-state index in [0.717, 1.165) is 24.8 Å². The lowest BCUT2D eigenvalue weighted by Crippen LogP contribution is -2.49. The summed E-state index contributed by atoms with van der Waals surface area (Å²) in [5.74, 6) is 0.204. The summed E-state index contributed by atoms with van der Waals surface area (Å²) in [6, 6.07) is 8.76. The molecule has 1 unspecified atom stereocenters. The van der Waals surface area contributed by atoms with Crippen LogP contribution in [0.1, 0.15) is 36.2 Å². The molecule has 3 rings (SSSR count). The van der Waals surface area contributed by atoms with E-state index in [2.05, 4.69) is 10.5 Å². The molecule has 1 aromatic heterocycles. The molecule has 1 atom stereocenters. The van der Waals surface area contributed by atoms with E-state index in [4.69, 9.17) is 21.9 Å². The van der Waals surface area contributed by atoms with Crippen molar-refractivity contribution >= 4 is 23.4 Å². The summed E-state index contributed by atoms with van der Waals surface area (Å²) in [6.45, 7) is 1.36. The van der Waals surface area contributed by atoms with E-state index in [1.54, 1.807) is 23.1 Å². The first kappa shape index (κ1) is 19.4. The zero-order chi connectivity index (χ0) is 19.2. The molecule has 27 heavy (non-hydrogen) atoms. The highest BCUT2D eigenvalue weighted by Gasteiger charge is 2.29. The fraction of sp³-hybridized carbons (Fsp3) is 0.421. The van der Waals surface area contributed by atoms with Crippen LogP contribution < -0.4 is 11.1 Å². The van der Waals surface area contributed by atoms with Crippen LogP contribution >= 0.6 is 11.6 Å². The summed E-state index contributed by atoms with van der Waals surface area (Å²) in [5, 5.41) is 7.38. The molecule has 1 aliphatic heterocycles. The molecule has 8 heteroatoms. The van der Waals surface area contributed by atoms with E-state index in [9.17, 15) is 9.59 Å². The predicted octanol–water partition coefficient (Wildman–Crippen LogP) is 2.45. The quantitative estimate of drug-likeness (QED) is 0.788. The Labute approximate surface area is 162 Å². The van der Waals surface area contributed by atoms with Crippen LogP contribution in [0.25, 0.3) is 11.3 Å². The lowest BCUT2D eigenvalue weighted by Gasteiger charge is -2.35. The number of halogens is 1. The number of hydrogen-bond donors (Lipinski definition) is 2. The average molecular weight is 391 g/mol. The minimum absolute atomic E-state index is 0.0562. The van der Waals surface area contributed by atoms with Crippen LogP contribution in [-0.2, 0) is 4.79 Å². The molecular formula is C19H23ClN4O3. The number of rotatable bonds is 6. The summed E-state index contributed by atoms with van der Waals surface area (Å²) in [6.07, 6.45) is 3.08. The van der Waals surface area contributed by atoms with Gasteiger partial charge in [0.05, 0.1) is 0 Å². The number of carbonyl (C=O) groups is 2. The number of nitrogens with two attached hydrogens (primary N) is 1. The molecule has 2 amide bonds. The molecular weight excluding hydrogens is 368 g/mol. The van der Waals surface area contributed by atoms with Gasteiger partial charge in [-0.15, -0.1) is 0 Å². The van der Waals surface area contributed by atoms with Gasteiger partial charge in [0.25, 0.3) is 5.91 Å². The lowest BCUT2D eigenvalue weighted by molar-refractivity contribution is -0.121. The van der Waals surface area contributed by atoms with Gasteiger partial charge in [-0.3, -0.25) is 9.59 Å². The number of piperidine rings is 1. The standard InChI is InChI=1S/C19H23ClN4O3/c20-14-5-3-4-13(10-14)17-11-16(23-27-17)19(26)24-9-2-1-6-15(24)12-22-18(25)7-8-21/h3-5,10-11,15H,1-2,6-9,12,21H2,(H,22,25). The maximum absolute atomic E-state index is 12.9. The maximum atomic E-state index is 12.9. The van der Waals surface area contributed by atoms with Crippen molar-refractivity contribution in [3.63, 3.8) is 0 Å². The molecule has 0 spiro atoms. The van der Waals surface area contributed by atoms with E-state index < -0.39 is 0 Å². The van der Waals surface area contributed by atoms with Crippen molar-refractivity contribution in [1.82, 2.24) is 15.4 Å². The summed E-state index contributed by atoms with van der Waals surface area (Å²) < 4.78 is 5.34. The molecule has 144 valence electrons. The first-order chi connectivity index (χ1) is 13.1. The Morgan fingerprint density at radius 1 is 1.33 bits per heavy atom. The van der Waals surface area contributed by atoms with E-state index >= 15 is 0 Å². The molecule has 1 fully saturated rings. The number of amides is 2. The van der Waals surface area contributed by atoms with Crippen molar-refractivity contribution in [1.29, 1.82) is 0 Å². The van der Waals surface area contributed by atoms with Crippen LogP contribution in [0.2, 0.25) is 5.02 Å². The normalized spacial score (nSPS) is 17.0. The van der Waals surface area contributed by atoms with Crippen LogP contribution in [0.15, 0.2) is 34.9 Å². The number of carbonyl (C=O) groups excluding carboxylic acids is 2. The third kappa shape index (κ3) is 4.87. The number of benzene rings is 1. The van der Waals surface area contributed by atoms with Crippen LogP contribution in [0, 0.1) is 0 Å². The Balaban J connectivity index is 1.70. The summed E-state index contributed by atoms with van der Waals surface area (Å²) >= 11 is 6.01. The van der Waals surface area contributed by atoms with E-state index in [-0.39, 0.29) is 30.0 Å². The van der Waals surface area contributed by atoms with Crippen molar-refractivity contribution in [2.75, 3.05) is 19.6 Å². The van der Waals surface area contributed by atoms with Crippen molar-refractivity contribution in [3.05, 3.63) is 41.0 Å². The van der Waals surface area contributed by atoms with Crippen LogP contribution in [0.4, 0.5) is 0 Å². The fourth-order valence-electron chi connectivity index (χ4n) is 3.23. The smallest absolute Gasteiger partial charge is 0.276 e. The van der Waals surface area contributed by atoms with Gasteiger partial charge in [-0.1, -0.05) is 28.9 Å². The predicted molar refractivity (Wildman–Crippen MR) is 102 cm³/mol. The van der Waals surface area contributed by atoms with Gasteiger partial charge in [-0.2, -0.15) is 0 Å². The first-order valence-electron chi connectivity index (χ1n) is 9.09. The third-order valence-corrected chi connectivity index (χ3v) is 4.87. The maximum Gasteiger partial charge on any atom is 0.276 e. The molecule has 2 aromatic rings. The lowest BCUT2D eigenvalue weighted by atomic mass is 10.0. The molecule has 7 nitrogen and oxygen atoms in total. The molecule has 1 aromatic carbocycles. The fourth-order valence-corrected chi connectivity index (χ4v) is 3.42. The second kappa shape index (κ2) is 9.01. The van der Waals surface area contributed by atoms with Gasteiger partial charge in [0.2, 0.25) is 5.91 Å². The molecule has 1 saturated heterocycles. The highest BCUT2D eigenvalue weighted by molar-refractivity contribution is 6.30. The number of nitrogens with one attached hydrogen (secondary N) is 1. The van der Waals surface area contributed by atoms with Crippen molar-refractivity contribution < 1.29 is 14.1 Å². The molecule has 0 radical (unpaired) electrons. The molecule has 0 saturated carbocycles. The number of aromatic nitrogens is 1. The Morgan fingerprint density at radius 3 is 2.96 bits per heavy atom. The monoisotopic (exact) mass is 390 g/mol. The first-order valence-corrected chi connectivity index (χ1v) is 9.46. The van der Waals surface area contributed by atoms with Gasteiger partial charge in [-0.05, 0) is 31.4 Å². The number of nitrogens with zero attached hydrogens (tertiary/aromatic N) is 2. The molecule has 2 heterocycles. The number of likely N-dealkylation sites (tertiary alicyclic amines) is 1. The molecule has 0 bridgehead atoms. The van der Waals surface area contributed by atoms with E-state index in [1.807, 2.05) is 12.1 Å². The van der Waals surface area contributed by atoms with Gasteiger partial charge in [0.1, 0.15) is 0 Å². The van der Waals surface area contributed by atoms with Gasteiger partial charge in [0.15, 0.2) is 11.5 Å². The van der Waals surface area contributed by atoms with Gasteiger partial charge >= 0.3 is 0 Å².